The Labute approximate surface area is 153 Å². The number of nitrogens with zero attached hydrogens (tertiary/aromatic N) is 2. The molecule has 130 valence electrons. The van der Waals surface area contributed by atoms with Crippen molar-refractivity contribution >= 4 is 33.2 Å². The topological polar surface area (TPSA) is 55.8 Å². The molecular weight excluding hydrogens is 389 g/mol. The summed E-state index contributed by atoms with van der Waals surface area (Å²) in [6.45, 7) is 1.74. The van der Waals surface area contributed by atoms with Gasteiger partial charge < -0.3 is 10.4 Å². The van der Waals surface area contributed by atoms with Crippen LogP contribution in [-0.2, 0) is 4.79 Å². The molecule has 0 fully saturated rings. The van der Waals surface area contributed by atoms with E-state index < -0.39 is 18.0 Å². The fourth-order valence-electron chi connectivity index (χ4n) is 2.77. The number of benzene rings is 2. The molecule has 2 N–H and O–H groups in total. The van der Waals surface area contributed by atoms with Crippen molar-refractivity contribution in [3.8, 4) is 0 Å². The molecular formula is C18H17BrFN3O2. The molecule has 0 spiro atoms. The molecule has 1 unspecified atom stereocenters. The fourth-order valence-corrected chi connectivity index (χ4v) is 3.10. The van der Waals surface area contributed by atoms with E-state index in [0.717, 1.165) is 5.69 Å². The van der Waals surface area contributed by atoms with E-state index in [4.69, 9.17) is 0 Å². The first-order valence-electron chi connectivity index (χ1n) is 7.63. The third-order valence-corrected chi connectivity index (χ3v) is 4.63. The number of anilines is 2. The van der Waals surface area contributed by atoms with Crippen LogP contribution in [0, 0.1) is 5.82 Å². The maximum atomic E-state index is 14.0. The Balaban J connectivity index is 1.87. The van der Waals surface area contributed by atoms with Gasteiger partial charge in [0.05, 0.1) is 16.9 Å². The molecule has 0 radical (unpaired) electrons. The van der Waals surface area contributed by atoms with Crippen LogP contribution in [0.15, 0.2) is 64.3 Å². The van der Waals surface area contributed by atoms with Crippen LogP contribution in [0.25, 0.3) is 0 Å². The summed E-state index contributed by atoms with van der Waals surface area (Å²) in [4.78, 5) is 12.6. The number of aliphatic hydroxyl groups excluding tert-OH is 1. The molecule has 1 aliphatic rings. The van der Waals surface area contributed by atoms with E-state index in [1.807, 2.05) is 30.3 Å². The number of allylic oxidation sites excluding steroid dienone is 1. The van der Waals surface area contributed by atoms with Crippen LogP contribution in [0.3, 0.4) is 0 Å². The largest absolute Gasteiger partial charge is 0.368 e. The van der Waals surface area contributed by atoms with E-state index >= 15 is 0 Å². The Morgan fingerprint density at radius 2 is 1.92 bits per heavy atom. The van der Waals surface area contributed by atoms with E-state index in [2.05, 4.69) is 21.2 Å². The number of hydrogen-bond acceptors (Lipinski definition) is 4. The SMILES string of the molecule is CC1=C(C(=O)Nc2ccc(Br)cc2F)C(O)N(c2ccccc2)N1C. The summed E-state index contributed by atoms with van der Waals surface area (Å²) in [6, 6.07) is 13.6. The molecule has 0 saturated heterocycles. The highest BCUT2D eigenvalue weighted by atomic mass is 79.9. The highest BCUT2D eigenvalue weighted by Crippen LogP contribution is 2.32. The Morgan fingerprint density at radius 1 is 1.24 bits per heavy atom. The second-order valence-electron chi connectivity index (χ2n) is 5.65. The molecule has 0 saturated carbocycles. The lowest BCUT2D eigenvalue weighted by atomic mass is 10.1. The van der Waals surface area contributed by atoms with Gasteiger partial charge in [0.25, 0.3) is 5.91 Å². The molecule has 1 aliphatic heterocycles. The van der Waals surface area contributed by atoms with Crippen molar-refractivity contribution < 1.29 is 14.3 Å². The van der Waals surface area contributed by atoms with Crippen LogP contribution in [-0.4, -0.2) is 29.3 Å². The quantitative estimate of drug-likeness (QED) is 0.820. The lowest BCUT2D eigenvalue weighted by Crippen LogP contribution is -2.41. The summed E-state index contributed by atoms with van der Waals surface area (Å²) in [5.74, 6) is -1.10. The van der Waals surface area contributed by atoms with Crippen molar-refractivity contribution in [3.63, 3.8) is 0 Å². The summed E-state index contributed by atoms with van der Waals surface area (Å²) in [7, 11) is 1.76. The third-order valence-electron chi connectivity index (χ3n) is 4.13. The first-order valence-corrected chi connectivity index (χ1v) is 8.42. The van der Waals surface area contributed by atoms with Gasteiger partial charge in [0.1, 0.15) is 5.82 Å². The number of hydrazine groups is 1. The molecule has 7 heteroatoms. The minimum absolute atomic E-state index is 0.0570. The molecule has 1 amide bonds. The summed E-state index contributed by atoms with van der Waals surface area (Å²) in [6.07, 6.45) is -1.16. The van der Waals surface area contributed by atoms with Crippen molar-refractivity contribution in [2.24, 2.45) is 0 Å². The zero-order valence-corrected chi connectivity index (χ0v) is 15.3. The van der Waals surface area contributed by atoms with Gasteiger partial charge in [-0.2, -0.15) is 0 Å². The number of aliphatic hydroxyl groups is 1. The zero-order chi connectivity index (χ0) is 18.1. The van der Waals surface area contributed by atoms with Crippen molar-refractivity contribution in [2.75, 3.05) is 17.4 Å². The third kappa shape index (κ3) is 3.25. The van der Waals surface area contributed by atoms with Crippen LogP contribution < -0.4 is 10.3 Å². The van der Waals surface area contributed by atoms with Gasteiger partial charge in [0.2, 0.25) is 0 Å². The van der Waals surface area contributed by atoms with Gasteiger partial charge >= 0.3 is 0 Å². The maximum absolute atomic E-state index is 14.0. The Morgan fingerprint density at radius 3 is 2.56 bits per heavy atom. The molecule has 2 aromatic rings. The summed E-state index contributed by atoms with van der Waals surface area (Å²) in [5, 5.41) is 16.5. The van der Waals surface area contributed by atoms with E-state index in [1.165, 1.54) is 12.1 Å². The second kappa shape index (κ2) is 6.85. The number of hydrogen-bond donors (Lipinski definition) is 2. The standard InChI is InChI=1S/C18H17BrFN3O2/c1-11-16(17(24)21-15-9-8-12(19)10-14(15)20)18(25)23(22(11)2)13-6-4-3-5-7-13/h3-10,18,25H,1-2H3,(H,21,24). The van der Waals surface area contributed by atoms with Crippen LogP contribution in [0.4, 0.5) is 15.8 Å². The molecule has 0 aromatic heterocycles. The Hall–Kier alpha value is -2.38. The maximum Gasteiger partial charge on any atom is 0.258 e. The molecule has 1 atom stereocenters. The first-order chi connectivity index (χ1) is 11.9. The smallest absolute Gasteiger partial charge is 0.258 e. The summed E-state index contributed by atoms with van der Waals surface area (Å²) < 4.78 is 14.5. The van der Waals surface area contributed by atoms with E-state index in [1.54, 1.807) is 30.1 Å². The van der Waals surface area contributed by atoms with Gasteiger partial charge in [0, 0.05) is 17.2 Å². The van der Waals surface area contributed by atoms with Gasteiger partial charge in [-0.3, -0.25) is 14.8 Å². The Bertz CT molecular complexity index is 841. The van der Waals surface area contributed by atoms with Crippen LogP contribution >= 0.6 is 15.9 Å². The normalized spacial score (nSPS) is 17.2. The van der Waals surface area contributed by atoms with Gasteiger partial charge in [-0.25, -0.2) is 4.39 Å². The number of amides is 1. The van der Waals surface area contributed by atoms with Crippen molar-refractivity contribution in [1.29, 1.82) is 0 Å². The van der Waals surface area contributed by atoms with E-state index in [0.29, 0.717) is 10.2 Å². The monoisotopic (exact) mass is 405 g/mol. The highest BCUT2D eigenvalue weighted by Gasteiger charge is 2.37. The van der Waals surface area contributed by atoms with Gasteiger partial charge in [0.15, 0.2) is 6.23 Å². The fraction of sp³-hybridized carbons (Fsp3) is 0.167. The van der Waals surface area contributed by atoms with Crippen LogP contribution in [0.1, 0.15) is 6.92 Å². The van der Waals surface area contributed by atoms with Crippen molar-refractivity contribution in [1.82, 2.24) is 5.01 Å². The molecule has 3 rings (SSSR count). The molecule has 5 nitrogen and oxygen atoms in total. The Kier molecular flexibility index (Phi) is 4.78. The summed E-state index contributed by atoms with van der Waals surface area (Å²) in [5.41, 5.74) is 1.57. The highest BCUT2D eigenvalue weighted by molar-refractivity contribution is 9.10. The second-order valence-corrected chi connectivity index (χ2v) is 6.57. The van der Waals surface area contributed by atoms with Crippen LogP contribution in [0.5, 0.6) is 0 Å². The predicted molar refractivity (Wildman–Crippen MR) is 98.1 cm³/mol. The minimum Gasteiger partial charge on any atom is -0.368 e. The summed E-state index contributed by atoms with van der Waals surface area (Å²) >= 11 is 3.17. The molecule has 2 aromatic carbocycles. The van der Waals surface area contributed by atoms with Crippen molar-refractivity contribution in [2.45, 2.75) is 13.2 Å². The van der Waals surface area contributed by atoms with Crippen LogP contribution in [0.2, 0.25) is 0 Å². The average Bonchev–Trinajstić information content (AvgIpc) is 2.80. The number of carbonyl (C=O) groups excluding carboxylic acids is 1. The first kappa shape index (κ1) is 17.4. The lowest BCUT2D eigenvalue weighted by molar-refractivity contribution is -0.113. The van der Waals surface area contributed by atoms with E-state index in [-0.39, 0.29) is 11.3 Å². The van der Waals surface area contributed by atoms with Gasteiger partial charge in [-0.1, -0.05) is 34.1 Å². The van der Waals surface area contributed by atoms with Gasteiger partial charge in [-0.05, 0) is 37.3 Å². The average molecular weight is 406 g/mol. The lowest BCUT2D eigenvalue weighted by Gasteiger charge is -2.31. The number of rotatable bonds is 3. The number of halogens is 2. The molecule has 0 aliphatic carbocycles. The van der Waals surface area contributed by atoms with Gasteiger partial charge in [-0.15, -0.1) is 0 Å². The molecule has 25 heavy (non-hydrogen) atoms. The molecule has 1 heterocycles. The zero-order valence-electron chi connectivity index (χ0n) is 13.7. The number of nitrogens with one attached hydrogen (secondary N) is 1. The van der Waals surface area contributed by atoms with Crippen molar-refractivity contribution in [3.05, 3.63) is 70.1 Å². The molecule has 0 bridgehead atoms. The number of carbonyl (C=O) groups is 1. The number of para-hydroxylation sites is 1. The predicted octanol–water partition coefficient (Wildman–Crippen LogP) is 3.49. The van der Waals surface area contributed by atoms with E-state index in [9.17, 15) is 14.3 Å². The minimum atomic E-state index is -1.16.